The number of nitrogens with zero attached hydrogens (tertiary/aromatic N) is 1. The van der Waals surface area contributed by atoms with Crippen LogP contribution in [0.3, 0.4) is 0 Å². The second-order valence-corrected chi connectivity index (χ2v) is 8.21. The zero-order chi connectivity index (χ0) is 22.9. The fraction of sp³-hybridized carbons (Fsp3) is 0.400. The van der Waals surface area contributed by atoms with Gasteiger partial charge in [-0.05, 0) is 54.7 Å². The molecule has 1 heterocycles. The number of amides is 1. The maximum atomic E-state index is 12.4. The normalized spacial score (nSPS) is 12.4. The highest BCUT2D eigenvalue weighted by atomic mass is 16.5. The van der Waals surface area contributed by atoms with E-state index in [2.05, 4.69) is 10.2 Å². The maximum Gasteiger partial charge on any atom is 0.407 e. The first-order chi connectivity index (χ1) is 15.4. The first-order valence-corrected chi connectivity index (χ1v) is 11.0. The van der Waals surface area contributed by atoms with Gasteiger partial charge in [-0.2, -0.15) is 0 Å². The van der Waals surface area contributed by atoms with Crippen molar-refractivity contribution in [2.45, 2.75) is 26.7 Å². The molecule has 7 heteroatoms. The molecule has 0 spiro atoms. The smallest absolute Gasteiger partial charge is 0.407 e. The largest absolute Gasteiger partial charge is 0.462 e. The van der Waals surface area contributed by atoms with Gasteiger partial charge in [-0.15, -0.1) is 0 Å². The number of fused-ring (bicyclic) bond motifs is 1. The Balaban J connectivity index is 1.44. The van der Waals surface area contributed by atoms with E-state index in [-0.39, 0.29) is 24.2 Å². The van der Waals surface area contributed by atoms with E-state index >= 15 is 0 Å². The van der Waals surface area contributed by atoms with Crippen molar-refractivity contribution in [1.29, 1.82) is 0 Å². The highest BCUT2D eigenvalue weighted by Gasteiger charge is 2.20. The summed E-state index contributed by atoms with van der Waals surface area (Å²) in [4.78, 5) is 38.3. The number of Topliss-reactive ketones (excluding diaryl/α,β-unsaturated/α-hetero) is 1. The van der Waals surface area contributed by atoms with E-state index in [9.17, 15) is 14.4 Å². The SMILES string of the molecule is CC(C)COC(=O)NCC(=O)c1ccc2c(c1)CCN2CCCOC(=O)c1ccccc1. The molecule has 1 N–H and O–H groups in total. The Hall–Kier alpha value is -3.35. The standard InChI is InChI=1S/C25H30N2O5/c1-18(2)17-32-25(30)26-16-23(28)21-9-10-22-20(15-21)11-13-27(22)12-6-14-31-24(29)19-7-4-3-5-8-19/h3-5,7-10,15,18H,6,11-14,16-17H2,1-2H3,(H,26,30). The van der Waals surface area contributed by atoms with Gasteiger partial charge in [0, 0.05) is 24.3 Å². The Labute approximate surface area is 188 Å². The number of hydrogen-bond donors (Lipinski definition) is 1. The Morgan fingerprint density at radius 1 is 1.03 bits per heavy atom. The minimum atomic E-state index is -0.577. The van der Waals surface area contributed by atoms with Crippen LogP contribution in [0.25, 0.3) is 0 Å². The van der Waals surface area contributed by atoms with Crippen LogP contribution in [0.5, 0.6) is 0 Å². The summed E-state index contributed by atoms with van der Waals surface area (Å²) in [6, 6.07) is 14.6. The van der Waals surface area contributed by atoms with Crippen LogP contribution in [-0.4, -0.2) is 50.7 Å². The third kappa shape index (κ3) is 6.57. The Morgan fingerprint density at radius 3 is 2.56 bits per heavy atom. The van der Waals surface area contributed by atoms with Crippen molar-refractivity contribution in [2.75, 3.05) is 37.7 Å². The van der Waals surface area contributed by atoms with Gasteiger partial charge in [0.05, 0.1) is 25.3 Å². The van der Waals surface area contributed by atoms with E-state index < -0.39 is 6.09 Å². The van der Waals surface area contributed by atoms with Gasteiger partial charge in [0.25, 0.3) is 0 Å². The fourth-order valence-electron chi connectivity index (χ4n) is 3.50. The van der Waals surface area contributed by atoms with Crippen molar-refractivity contribution >= 4 is 23.5 Å². The molecule has 0 atom stereocenters. The predicted molar refractivity (Wildman–Crippen MR) is 122 cm³/mol. The molecule has 0 fully saturated rings. The molecule has 32 heavy (non-hydrogen) atoms. The lowest BCUT2D eigenvalue weighted by Crippen LogP contribution is -2.31. The number of esters is 1. The number of carbonyl (C=O) groups excluding carboxylic acids is 3. The third-order valence-electron chi connectivity index (χ3n) is 5.15. The van der Waals surface area contributed by atoms with Crippen LogP contribution in [0, 0.1) is 5.92 Å². The number of nitrogens with one attached hydrogen (secondary N) is 1. The Morgan fingerprint density at radius 2 is 1.81 bits per heavy atom. The van der Waals surface area contributed by atoms with Gasteiger partial charge in [-0.25, -0.2) is 9.59 Å². The van der Waals surface area contributed by atoms with Crippen molar-refractivity contribution < 1.29 is 23.9 Å². The van der Waals surface area contributed by atoms with Crippen molar-refractivity contribution in [3.63, 3.8) is 0 Å². The van der Waals surface area contributed by atoms with Gasteiger partial charge < -0.3 is 19.7 Å². The van der Waals surface area contributed by atoms with E-state index in [0.29, 0.717) is 24.3 Å². The van der Waals surface area contributed by atoms with E-state index in [1.54, 1.807) is 18.2 Å². The molecule has 0 saturated carbocycles. The van der Waals surface area contributed by atoms with Gasteiger partial charge in [-0.3, -0.25) is 4.79 Å². The molecule has 7 nitrogen and oxygen atoms in total. The average Bonchev–Trinajstić information content (AvgIpc) is 3.21. The lowest BCUT2D eigenvalue weighted by Gasteiger charge is -2.19. The molecule has 0 radical (unpaired) electrons. The minimum Gasteiger partial charge on any atom is -0.462 e. The first-order valence-electron chi connectivity index (χ1n) is 11.0. The quantitative estimate of drug-likeness (QED) is 0.344. The highest BCUT2D eigenvalue weighted by molar-refractivity contribution is 5.99. The molecule has 2 aromatic carbocycles. The van der Waals surface area contributed by atoms with Crippen molar-refractivity contribution in [3.05, 3.63) is 65.2 Å². The average molecular weight is 439 g/mol. The summed E-state index contributed by atoms with van der Waals surface area (Å²) in [5.74, 6) is -0.218. The molecule has 0 unspecified atom stereocenters. The number of rotatable bonds is 10. The fourth-order valence-corrected chi connectivity index (χ4v) is 3.50. The van der Waals surface area contributed by atoms with Crippen LogP contribution in [0.15, 0.2) is 48.5 Å². The predicted octanol–water partition coefficient (Wildman–Crippen LogP) is 3.86. The van der Waals surface area contributed by atoms with Crippen molar-refractivity contribution in [1.82, 2.24) is 5.32 Å². The van der Waals surface area contributed by atoms with Crippen LogP contribution in [0.2, 0.25) is 0 Å². The van der Waals surface area contributed by atoms with E-state index in [1.165, 1.54) is 0 Å². The topological polar surface area (TPSA) is 84.9 Å². The lowest BCUT2D eigenvalue weighted by molar-refractivity contribution is 0.0502. The zero-order valence-corrected chi connectivity index (χ0v) is 18.6. The molecular formula is C25H30N2O5. The molecule has 1 aliphatic heterocycles. The second kappa shape index (κ2) is 11.3. The van der Waals surface area contributed by atoms with Crippen molar-refractivity contribution in [2.24, 2.45) is 5.92 Å². The molecule has 1 aliphatic rings. The molecule has 0 saturated heterocycles. The molecule has 3 rings (SSSR count). The van der Waals surface area contributed by atoms with Crippen LogP contribution in [0.4, 0.5) is 10.5 Å². The van der Waals surface area contributed by atoms with E-state index in [1.807, 2.05) is 44.2 Å². The first kappa shape index (κ1) is 23.3. The van der Waals surface area contributed by atoms with Gasteiger partial charge in [0.1, 0.15) is 0 Å². The van der Waals surface area contributed by atoms with Crippen LogP contribution in [-0.2, 0) is 15.9 Å². The van der Waals surface area contributed by atoms with Gasteiger partial charge in [-0.1, -0.05) is 32.0 Å². The third-order valence-corrected chi connectivity index (χ3v) is 5.15. The number of benzene rings is 2. The van der Waals surface area contributed by atoms with E-state index in [4.69, 9.17) is 9.47 Å². The molecule has 0 aromatic heterocycles. The van der Waals surface area contributed by atoms with Crippen LogP contribution < -0.4 is 10.2 Å². The summed E-state index contributed by atoms with van der Waals surface area (Å²) < 4.78 is 10.4. The van der Waals surface area contributed by atoms with Gasteiger partial charge in [0.2, 0.25) is 0 Å². The molecular weight excluding hydrogens is 408 g/mol. The summed E-state index contributed by atoms with van der Waals surface area (Å²) in [5, 5.41) is 2.51. The summed E-state index contributed by atoms with van der Waals surface area (Å²) in [6.07, 6.45) is 0.998. The molecule has 170 valence electrons. The minimum absolute atomic E-state index is 0.0911. The summed E-state index contributed by atoms with van der Waals surface area (Å²) >= 11 is 0. The summed E-state index contributed by atoms with van der Waals surface area (Å²) in [7, 11) is 0. The van der Waals surface area contributed by atoms with Crippen LogP contribution >= 0.6 is 0 Å². The van der Waals surface area contributed by atoms with E-state index in [0.717, 1.165) is 37.2 Å². The Bertz CT molecular complexity index is 943. The molecule has 0 bridgehead atoms. The molecule has 1 amide bonds. The number of ketones is 1. The van der Waals surface area contributed by atoms with Gasteiger partial charge >= 0.3 is 12.1 Å². The van der Waals surface area contributed by atoms with Crippen LogP contribution in [0.1, 0.15) is 46.5 Å². The number of ether oxygens (including phenoxy) is 2. The maximum absolute atomic E-state index is 12.4. The lowest BCUT2D eigenvalue weighted by atomic mass is 10.1. The van der Waals surface area contributed by atoms with Crippen molar-refractivity contribution in [3.8, 4) is 0 Å². The zero-order valence-electron chi connectivity index (χ0n) is 18.6. The van der Waals surface area contributed by atoms with Gasteiger partial charge in [0.15, 0.2) is 5.78 Å². The monoisotopic (exact) mass is 438 g/mol. The second-order valence-electron chi connectivity index (χ2n) is 8.21. The summed E-state index contributed by atoms with van der Waals surface area (Å²) in [6.45, 7) is 6.11. The summed E-state index contributed by atoms with van der Waals surface area (Å²) in [5.41, 5.74) is 3.34. The Kier molecular flexibility index (Phi) is 8.25. The number of hydrogen-bond acceptors (Lipinski definition) is 6. The molecule has 0 aliphatic carbocycles. The number of alkyl carbamates (subject to hydrolysis) is 1. The molecule has 2 aromatic rings. The number of anilines is 1. The highest BCUT2D eigenvalue weighted by Crippen LogP contribution is 2.29. The number of carbonyl (C=O) groups is 3.